The van der Waals surface area contributed by atoms with Crippen LogP contribution in [0.5, 0.6) is 0 Å². The average molecular weight is 350 g/mol. The summed E-state index contributed by atoms with van der Waals surface area (Å²) in [7, 11) is 0. The van der Waals surface area contributed by atoms with Crippen molar-refractivity contribution in [3.05, 3.63) is 23.8 Å². The molecule has 0 bridgehead atoms. The van der Waals surface area contributed by atoms with Gasteiger partial charge in [0.1, 0.15) is 11.7 Å². The number of allylic oxidation sites excluding steroid dienone is 3. The Balaban J connectivity index is 3.27. The highest BCUT2D eigenvalue weighted by atomic mass is 16.6. The van der Waals surface area contributed by atoms with Crippen LogP contribution in [0, 0.1) is 17.8 Å². The van der Waals surface area contributed by atoms with E-state index in [1.54, 1.807) is 40.7 Å². The summed E-state index contributed by atoms with van der Waals surface area (Å²) >= 11 is 0. The maximum Gasteiger partial charge on any atom is 0.309 e. The third kappa shape index (κ3) is 5.63. The summed E-state index contributed by atoms with van der Waals surface area (Å²) in [5.41, 5.74) is -0.929. The van der Waals surface area contributed by atoms with Gasteiger partial charge < -0.3 is 9.84 Å². The Morgan fingerprint density at radius 3 is 2.36 bits per heavy atom. The third-order valence-electron chi connectivity index (χ3n) is 4.76. The Kier molecular flexibility index (Phi) is 7.29. The molecule has 5 unspecified atom stereocenters. The summed E-state index contributed by atoms with van der Waals surface area (Å²) < 4.78 is 5.47. The van der Waals surface area contributed by atoms with Crippen LogP contribution in [-0.4, -0.2) is 34.3 Å². The van der Waals surface area contributed by atoms with Crippen molar-refractivity contribution in [2.45, 2.75) is 66.1 Å². The van der Waals surface area contributed by atoms with E-state index in [0.717, 1.165) is 0 Å². The number of esters is 1. The van der Waals surface area contributed by atoms with Crippen molar-refractivity contribution < 1.29 is 24.2 Å². The fourth-order valence-corrected chi connectivity index (χ4v) is 3.04. The summed E-state index contributed by atoms with van der Waals surface area (Å²) in [6, 6.07) is 0. The van der Waals surface area contributed by atoms with Gasteiger partial charge in [0.2, 0.25) is 0 Å². The molecule has 0 spiro atoms. The molecule has 1 N–H and O–H groups in total. The molecule has 0 radical (unpaired) electrons. The molecule has 0 fully saturated rings. The van der Waals surface area contributed by atoms with Gasteiger partial charge in [-0.15, -0.1) is 0 Å². The number of rotatable bonds is 1. The second kappa shape index (κ2) is 8.56. The van der Waals surface area contributed by atoms with E-state index in [1.165, 1.54) is 19.1 Å². The van der Waals surface area contributed by atoms with Crippen molar-refractivity contribution in [2.24, 2.45) is 17.8 Å². The third-order valence-corrected chi connectivity index (χ3v) is 4.76. The predicted octanol–water partition coefficient (Wildman–Crippen LogP) is 3.01. The molecule has 0 amide bonds. The summed E-state index contributed by atoms with van der Waals surface area (Å²) in [5.74, 6) is -2.00. The van der Waals surface area contributed by atoms with Crippen LogP contribution >= 0.6 is 0 Å². The molecule has 140 valence electrons. The number of aliphatic hydroxyl groups is 1. The largest absolute Gasteiger partial charge is 0.459 e. The highest BCUT2D eigenvalue weighted by Crippen LogP contribution is 2.24. The fourth-order valence-electron chi connectivity index (χ4n) is 3.04. The van der Waals surface area contributed by atoms with E-state index in [9.17, 15) is 19.5 Å². The van der Waals surface area contributed by atoms with Gasteiger partial charge in [0.25, 0.3) is 0 Å². The Morgan fingerprint density at radius 2 is 1.80 bits per heavy atom. The van der Waals surface area contributed by atoms with Gasteiger partial charge in [0.05, 0.1) is 5.92 Å². The molecule has 0 aromatic carbocycles. The van der Waals surface area contributed by atoms with Crippen molar-refractivity contribution in [3.63, 3.8) is 0 Å². The molecule has 0 aliphatic carbocycles. The number of hydrogen-bond donors (Lipinski definition) is 1. The van der Waals surface area contributed by atoms with E-state index in [2.05, 4.69) is 0 Å². The Morgan fingerprint density at radius 1 is 1.20 bits per heavy atom. The molecule has 5 heteroatoms. The number of hydrogen-bond acceptors (Lipinski definition) is 5. The lowest BCUT2D eigenvalue weighted by atomic mass is 9.88. The molecule has 0 aromatic rings. The minimum atomic E-state index is -1.44. The molecule has 0 saturated carbocycles. The first-order valence-corrected chi connectivity index (χ1v) is 8.88. The number of carbonyl (C=O) groups is 3. The lowest BCUT2D eigenvalue weighted by molar-refractivity contribution is -0.164. The van der Waals surface area contributed by atoms with E-state index in [-0.39, 0.29) is 17.5 Å². The van der Waals surface area contributed by atoms with Gasteiger partial charge in [-0.1, -0.05) is 33.8 Å². The molecular formula is C20H30O5. The van der Waals surface area contributed by atoms with Crippen LogP contribution in [-0.2, 0) is 19.1 Å². The van der Waals surface area contributed by atoms with Crippen LogP contribution < -0.4 is 0 Å². The first-order valence-electron chi connectivity index (χ1n) is 8.88. The first-order chi connectivity index (χ1) is 11.5. The van der Waals surface area contributed by atoms with Crippen molar-refractivity contribution >= 4 is 17.5 Å². The number of Topliss-reactive ketones (excluding diaryl/α,β-unsaturated/α-hetero) is 1. The second-order valence-corrected chi connectivity index (χ2v) is 7.34. The Hall–Kier alpha value is -1.75. The average Bonchev–Trinajstić information content (AvgIpc) is 2.55. The molecule has 5 atom stereocenters. The zero-order valence-corrected chi connectivity index (χ0v) is 16.0. The summed E-state index contributed by atoms with van der Waals surface area (Å²) in [4.78, 5) is 37.0. The van der Waals surface area contributed by atoms with Gasteiger partial charge in [-0.25, -0.2) is 0 Å². The van der Waals surface area contributed by atoms with Crippen molar-refractivity contribution in [3.8, 4) is 0 Å². The molecule has 1 aliphatic rings. The van der Waals surface area contributed by atoms with Gasteiger partial charge in [-0.3, -0.25) is 14.4 Å². The Labute approximate surface area is 150 Å². The summed E-state index contributed by atoms with van der Waals surface area (Å²) in [5, 5.41) is 10.6. The monoisotopic (exact) mass is 350 g/mol. The lowest BCUT2D eigenvalue weighted by Gasteiger charge is -2.30. The lowest BCUT2D eigenvalue weighted by Crippen LogP contribution is -2.41. The van der Waals surface area contributed by atoms with Crippen LogP contribution in [0.25, 0.3) is 0 Å². The van der Waals surface area contributed by atoms with Gasteiger partial charge in [-0.2, -0.15) is 0 Å². The van der Waals surface area contributed by atoms with Crippen molar-refractivity contribution in [2.75, 3.05) is 0 Å². The van der Waals surface area contributed by atoms with Crippen LogP contribution in [0.4, 0.5) is 0 Å². The smallest absolute Gasteiger partial charge is 0.309 e. The predicted molar refractivity (Wildman–Crippen MR) is 95.8 cm³/mol. The van der Waals surface area contributed by atoms with Gasteiger partial charge in [-0.05, 0) is 44.4 Å². The highest BCUT2D eigenvalue weighted by molar-refractivity contribution is 5.99. The minimum absolute atomic E-state index is 0.0700. The minimum Gasteiger partial charge on any atom is -0.459 e. The zero-order valence-electron chi connectivity index (χ0n) is 16.0. The molecular weight excluding hydrogens is 320 g/mol. The van der Waals surface area contributed by atoms with Crippen LogP contribution in [0.15, 0.2) is 23.8 Å². The maximum atomic E-state index is 12.5. The molecule has 0 aromatic heterocycles. The molecule has 1 rings (SSSR count). The van der Waals surface area contributed by atoms with Gasteiger partial charge >= 0.3 is 5.97 Å². The van der Waals surface area contributed by atoms with E-state index >= 15 is 0 Å². The molecule has 25 heavy (non-hydrogen) atoms. The van der Waals surface area contributed by atoms with E-state index in [4.69, 9.17) is 4.74 Å². The topological polar surface area (TPSA) is 80.7 Å². The SMILES string of the molecule is CCC1OC(=O)C(C)CC(C)C(=O)C(C)=CC(C)C(=O)C=CC1(C)O. The van der Waals surface area contributed by atoms with Crippen molar-refractivity contribution in [1.29, 1.82) is 0 Å². The fraction of sp³-hybridized carbons (Fsp3) is 0.650. The Bertz CT molecular complexity index is 585. The summed E-state index contributed by atoms with van der Waals surface area (Å²) in [6.45, 7) is 10.2. The van der Waals surface area contributed by atoms with E-state index in [0.29, 0.717) is 18.4 Å². The molecule has 1 heterocycles. The highest BCUT2D eigenvalue weighted by Gasteiger charge is 2.34. The molecule has 0 saturated heterocycles. The molecule has 5 nitrogen and oxygen atoms in total. The quantitative estimate of drug-likeness (QED) is 0.735. The zero-order chi connectivity index (χ0) is 19.4. The van der Waals surface area contributed by atoms with Crippen LogP contribution in [0.3, 0.4) is 0 Å². The first kappa shape index (κ1) is 21.3. The number of cyclic esters (lactones) is 1. The normalized spacial score (nSPS) is 35.8. The number of carbonyl (C=O) groups excluding carboxylic acids is 3. The van der Waals surface area contributed by atoms with E-state index < -0.39 is 29.5 Å². The number of ketones is 2. The van der Waals surface area contributed by atoms with Gasteiger partial charge in [0.15, 0.2) is 11.6 Å². The standard InChI is InChI=1S/C20H30O5/c1-7-17-20(6,24)9-8-16(21)12(2)10-13(3)18(22)14(4)11-15(5)19(23)25-17/h8-10,12,14-15,17,24H,7,11H2,1-6H3. The van der Waals surface area contributed by atoms with E-state index in [1.807, 2.05) is 0 Å². The molecule has 1 aliphatic heterocycles. The maximum absolute atomic E-state index is 12.5. The summed E-state index contributed by atoms with van der Waals surface area (Å²) in [6.07, 6.45) is 4.33. The second-order valence-electron chi connectivity index (χ2n) is 7.34. The number of ether oxygens (including phenoxy) is 1. The van der Waals surface area contributed by atoms with Crippen LogP contribution in [0.2, 0.25) is 0 Å². The van der Waals surface area contributed by atoms with Crippen molar-refractivity contribution in [1.82, 2.24) is 0 Å². The van der Waals surface area contributed by atoms with Crippen LogP contribution in [0.1, 0.15) is 54.4 Å². The van der Waals surface area contributed by atoms with Gasteiger partial charge in [0, 0.05) is 11.8 Å².